The van der Waals surface area contributed by atoms with E-state index in [1.807, 2.05) is 13.8 Å². The van der Waals surface area contributed by atoms with Crippen LogP contribution in [0.3, 0.4) is 0 Å². The molecule has 0 aliphatic rings. The zero-order valence-electron chi connectivity index (χ0n) is 9.56. The molecule has 17 heavy (non-hydrogen) atoms. The largest absolute Gasteiger partial charge is 0.426 e. The van der Waals surface area contributed by atoms with Crippen molar-refractivity contribution in [3.8, 4) is 5.75 Å². The SMILES string of the molecule is CCS(CC)=P(O)(O)Oc1ccc(Br)cc1Cl. The molecule has 0 amide bonds. The van der Waals surface area contributed by atoms with Gasteiger partial charge in [0.05, 0.1) is 5.02 Å². The third-order valence-corrected chi connectivity index (χ3v) is 9.13. The molecule has 0 saturated carbocycles. The van der Waals surface area contributed by atoms with E-state index in [2.05, 4.69) is 15.9 Å². The van der Waals surface area contributed by atoms with Gasteiger partial charge < -0.3 is 14.3 Å². The van der Waals surface area contributed by atoms with Crippen molar-refractivity contribution in [2.24, 2.45) is 0 Å². The van der Waals surface area contributed by atoms with E-state index in [0.717, 1.165) is 4.47 Å². The van der Waals surface area contributed by atoms with E-state index in [0.29, 0.717) is 22.3 Å². The van der Waals surface area contributed by atoms with E-state index in [1.165, 1.54) is 0 Å². The van der Waals surface area contributed by atoms with Gasteiger partial charge in [0.25, 0.3) is 0 Å². The molecule has 98 valence electrons. The van der Waals surface area contributed by atoms with Gasteiger partial charge in [-0.05, 0) is 29.7 Å². The molecule has 1 rings (SSSR count). The molecule has 0 spiro atoms. The van der Waals surface area contributed by atoms with Gasteiger partial charge in [0, 0.05) is 4.47 Å². The van der Waals surface area contributed by atoms with E-state index in [-0.39, 0.29) is 0 Å². The molecule has 0 aliphatic heterocycles. The Bertz CT molecular complexity index is 455. The summed E-state index contributed by atoms with van der Waals surface area (Å²) in [6, 6.07) is 5.03. The average Bonchev–Trinajstić information content (AvgIpc) is 2.23. The van der Waals surface area contributed by atoms with Crippen LogP contribution in [0.1, 0.15) is 13.8 Å². The van der Waals surface area contributed by atoms with Crippen LogP contribution in [0.15, 0.2) is 22.7 Å². The van der Waals surface area contributed by atoms with Gasteiger partial charge in [-0.3, -0.25) is 0 Å². The summed E-state index contributed by atoms with van der Waals surface area (Å²) >= 11 is 9.25. The lowest BCUT2D eigenvalue weighted by atomic mass is 10.3. The smallest absolute Gasteiger partial charge is 0.332 e. The van der Waals surface area contributed by atoms with E-state index in [4.69, 9.17) is 16.1 Å². The molecular weight excluding hydrogens is 347 g/mol. The summed E-state index contributed by atoms with van der Waals surface area (Å²) in [7, 11) is -0.533. The van der Waals surface area contributed by atoms with Gasteiger partial charge in [-0.1, -0.05) is 41.4 Å². The summed E-state index contributed by atoms with van der Waals surface area (Å²) in [5.41, 5.74) is 0. The summed E-state index contributed by atoms with van der Waals surface area (Å²) < 4.78 is 6.13. The third-order valence-electron chi connectivity index (χ3n) is 2.11. The Labute approximate surface area is 117 Å². The van der Waals surface area contributed by atoms with E-state index < -0.39 is 16.8 Å². The molecule has 0 saturated heterocycles. The van der Waals surface area contributed by atoms with Crippen LogP contribution in [0.4, 0.5) is 0 Å². The molecule has 0 bridgehead atoms. The summed E-state index contributed by atoms with van der Waals surface area (Å²) in [5, 5.41) is 0.364. The number of halogens is 2. The van der Waals surface area contributed by atoms with Gasteiger partial charge in [-0.2, -0.15) is 0 Å². The molecule has 2 N–H and O–H groups in total. The normalized spacial score (nSPS) is 11.9. The Kier molecular flexibility index (Phi) is 6.03. The van der Waals surface area contributed by atoms with Crippen LogP contribution in [0.2, 0.25) is 5.02 Å². The van der Waals surface area contributed by atoms with Gasteiger partial charge in [0.2, 0.25) is 0 Å². The summed E-state index contributed by atoms with van der Waals surface area (Å²) in [6.07, 6.45) is 0. The van der Waals surface area contributed by atoms with Crippen LogP contribution >= 0.6 is 34.2 Å². The Balaban J connectivity index is 3.09. The summed E-state index contributed by atoms with van der Waals surface area (Å²) in [6.45, 7) is 0.445. The second-order valence-corrected chi connectivity index (χ2v) is 10.7. The molecule has 1 aromatic rings. The molecule has 0 aliphatic carbocycles. The summed E-state index contributed by atoms with van der Waals surface area (Å²) in [5.74, 6) is 1.68. The third kappa shape index (κ3) is 4.27. The van der Waals surface area contributed by atoms with Crippen molar-refractivity contribution in [2.75, 3.05) is 11.5 Å². The molecule has 0 radical (unpaired) electrons. The maximum Gasteiger partial charge on any atom is 0.332 e. The van der Waals surface area contributed by atoms with Gasteiger partial charge in [0.15, 0.2) is 0 Å². The van der Waals surface area contributed by atoms with Crippen molar-refractivity contribution >= 4 is 44.3 Å². The number of benzene rings is 1. The van der Waals surface area contributed by atoms with E-state index in [1.54, 1.807) is 18.2 Å². The maximum atomic E-state index is 10.0. The van der Waals surface area contributed by atoms with Gasteiger partial charge in [-0.15, -0.1) is 10.1 Å². The van der Waals surface area contributed by atoms with Crippen molar-refractivity contribution in [1.82, 2.24) is 0 Å². The van der Waals surface area contributed by atoms with Crippen LogP contribution in [-0.4, -0.2) is 21.3 Å². The van der Waals surface area contributed by atoms with Crippen LogP contribution in [0.5, 0.6) is 5.75 Å². The first-order chi connectivity index (χ1) is 7.90. The van der Waals surface area contributed by atoms with Crippen molar-refractivity contribution in [1.29, 1.82) is 0 Å². The number of rotatable bonds is 4. The lowest BCUT2D eigenvalue weighted by Crippen LogP contribution is -2.05. The topological polar surface area (TPSA) is 49.7 Å². The fraction of sp³-hybridized carbons (Fsp3) is 0.400. The minimum Gasteiger partial charge on any atom is -0.426 e. The lowest BCUT2D eigenvalue weighted by molar-refractivity contribution is 0.370. The molecule has 0 heterocycles. The standard InChI is InChI=1S/C10H15BrClO3PS/c1-3-17(4-2)16(13,14)15-10-6-5-8(11)7-9(10)12/h5-7,13-14H,3-4H2,1-2H3. The number of hydrogen-bond acceptors (Lipinski definition) is 1. The molecule has 1 aromatic carbocycles. The monoisotopic (exact) mass is 360 g/mol. The van der Waals surface area contributed by atoms with Crippen LogP contribution in [0.25, 0.3) is 0 Å². The van der Waals surface area contributed by atoms with Crippen molar-refractivity contribution < 1.29 is 14.3 Å². The molecule has 0 atom stereocenters. The maximum absolute atomic E-state index is 10.0. The quantitative estimate of drug-likeness (QED) is 0.802. The van der Waals surface area contributed by atoms with Crippen molar-refractivity contribution in [3.63, 3.8) is 0 Å². The second-order valence-electron chi connectivity index (χ2n) is 3.20. The second kappa shape index (κ2) is 6.60. The fourth-order valence-electron chi connectivity index (χ4n) is 1.27. The van der Waals surface area contributed by atoms with Crippen LogP contribution in [-0.2, 0) is 10.1 Å². The predicted molar refractivity (Wildman–Crippen MR) is 79.6 cm³/mol. The molecule has 3 nitrogen and oxygen atoms in total. The minimum absolute atomic E-state index is 0.313. The lowest BCUT2D eigenvalue weighted by Gasteiger charge is -2.19. The van der Waals surface area contributed by atoms with E-state index in [9.17, 15) is 9.79 Å². The zero-order valence-corrected chi connectivity index (χ0v) is 13.6. The highest BCUT2D eigenvalue weighted by Gasteiger charge is 2.18. The first kappa shape index (κ1) is 15.5. The Morgan fingerprint density at radius 1 is 1.35 bits per heavy atom. The highest BCUT2D eigenvalue weighted by Crippen LogP contribution is 2.46. The Hall–Kier alpha value is 0.490. The summed E-state index contributed by atoms with van der Waals surface area (Å²) in [4.78, 5) is 20.0. The number of hydrogen-bond donors (Lipinski definition) is 2. The van der Waals surface area contributed by atoms with Crippen LogP contribution < -0.4 is 4.52 Å². The van der Waals surface area contributed by atoms with E-state index >= 15 is 0 Å². The minimum atomic E-state index is -3.39. The van der Waals surface area contributed by atoms with Crippen LogP contribution in [0, 0.1) is 0 Å². The molecule has 0 aromatic heterocycles. The fourth-order valence-corrected chi connectivity index (χ4v) is 6.21. The van der Waals surface area contributed by atoms with Crippen molar-refractivity contribution in [2.45, 2.75) is 13.8 Å². The molecule has 0 fully saturated rings. The first-order valence-electron chi connectivity index (χ1n) is 5.08. The zero-order chi connectivity index (χ0) is 13.1. The molecule has 7 heteroatoms. The predicted octanol–water partition coefficient (Wildman–Crippen LogP) is 3.80. The molecular formula is C10H15BrClO3PS. The van der Waals surface area contributed by atoms with Crippen molar-refractivity contribution in [3.05, 3.63) is 27.7 Å². The van der Waals surface area contributed by atoms with Gasteiger partial charge in [-0.25, -0.2) is 0 Å². The van der Waals surface area contributed by atoms with Gasteiger partial charge in [0.1, 0.15) is 5.75 Å². The highest BCUT2D eigenvalue weighted by atomic mass is 79.9. The Morgan fingerprint density at radius 3 is 2.41 bits per heavy atom. The molecule has 0 unspecified atom stereocenters. The Morgan fingerprint density at radius 2 is 1.94 bits per heavy atom. The average molecular weight is 362 g/mol. The van der Waals surface area contributed by atoms with Gasteiger partial charge >= 0.3 is 6.72 Å². The highest BCUT2D eigenvalue weighted by molar-refractivity contribution is 9.10. The first-order valence-corrected chi connectivity index (χ1v) is 10.0.